The first-order valence-electron chi connectivity index (χ1n) is 8.42. The third kappa shape index (κ3) is 1.97. The van der Waals surface area contributed by atoms with Crippen molar-refractivity contribution < 1.29 is 0 Å². The molecule has 0 aliphatic heterocycles. The largest absolute Gasteiger partial charge is 0.319 e. The van der Waals surface area contributed by atoms with E-state index in [4.69, 9.17) is 0 Å². The second kappa shape index (κ2) is 4.72. The lowest BCUT2D eigenvalue weighted by molar-refractivity contribution is 0.397. The summed E-state index contributed by atoms with van der Waals surface area (Å²) in [5, 5.41) is 2.32. The Morgan fingerprint density at radius 1 is 1.12 bits per heavy atom. The van der Waals surface area contributed by atoms with Gasteiger partial charge >= 0.3 is 0 Å². The van der Waals surface area contributed by atoms with Crippen molar-refractivity contribution in [2.45, 2.75) is 51.9 Å². The highest BCUT2D eigenvalue weighted by atomic mass is 79.9. The first-order valence-corrected chi connectivity index (χ1v) is 9.21. The van der Waals surface area contributed by atoms with Crippen LogP contribution in [-0.4, -0.2) is 4.40 Å². The van der Waals surface area contributed by atoms with Gasteiger partial charge in [0.05, 0.1) is 5.52 Å². The summed E-state index contributed by atoms with van der Waals surface area (Å²) in [6, 6.07) is 8.04. The average Bonchev–Trinajstić information content (AvgIpc) is 2.66. The van der Waals surface area contributed by atoms with Gasteiger partial charge in [0.2, 0.25) is 0 Å². The molecule has 0 N–H and O–H groups in total. The number of rotatable bonds is 0. The highest BCUT2D eigenvalue weighted by Gasteiger charge is 2.45. The van der Waals surface area contributed by atoms with Gasteiger partial charge in [0, 0.05) is 44.2 Å². The van der Waals surface area contributed by atoms with E-state index in [0.717, 1.165) is 27.4 Å². The Morgan fingerprint density at radius 3 is 2.54 bits per heavy atom. The van der Waals surface area contributed by atoms with E-state index in [-0.39, 0.29) is 16.3 Å². The molecular formula is C21H22BrNO. The lowest BCUT2D eigenvalue weighted by Crippen LogP contribution is -2.23. The zero-order chi connectivity index (χ0) is 17.4. The molecule has 124 valence electrons. The molecule has 0 saturated heterocycles. The van der Waals surface area contributed by atoms with E-state index >= 15 is 0 Å². The van der Waals surface area contributed by atoms with Gasteiger partial charge in [-0.05, 0) is 30.4 Å². The number of nitrogens with zero attached hydrogens (tertiary/aromatic N) is 1. The number of pyridine rings is 2. The molecule has 0 amide bonds. The van der Waals surface area contributed by atoms with Gasteiger partial charge in [0.1, 0.15) is 0 Å². The van der Waals surface area contributed by atoms with E-state index in [9.17, 15) is 4.79 Å². The first kappa shape index (κ1) is 15.9. The lowest BCUT2D eigenvalue weighted by Gasteiger charge is -2.23. The number of aryl methyl sites for hydroxylation is 1. The summed E-state index contributed by atoms with van der Waals surface area (Å²) >= 11 is 3.67. The van der Waals surface area contributed by atoms with E-state index in [0.29, 0.717) is 0 Å². The normalized spacial score (nSPS) is 18.2. The van der Waals surface area contributed by atoms with Crippen molar-refractivity contribution in [1.29, 1.82) is 0 Å². The zero-order valence-electron chi connectivity index (χ0n) is 14.8. The van der Waals surface area contributed by atoms with E-state index in [1.807, 2.05) is 12.1 Å². The maximum Gasteiger partial charge on any atom is 0.186 e. The van der Waals surface area contributed by atoms with Gasteiger partial charge in [-0.15, -0.1) is 0 Å². The molecule has 1 aromatic carbocycles. The van der Waals surface area contributed by atoms with Crippen LogP contribution in [0.2, 0.25) is 0 Å². The lowest BCUT2D eigenvalue weighted by atomic mass is 9.82. The number of hydrogen-bond donors (Lipinski definition) is 0. The summed E-state index contributed by atoms with van der Waals surface area (Å²) in [6.45, 7) is 11.0. The number of aromatic nitrogens is 1. The minimum absolute atomic E-state index is 0.0195. The Hall–Kier alpha value is -1.61. The zero-order valence-corrected chi connectivity index (χ0v) is 16.4. The predicted octanol–water partition coefficient (Wildman–Crippen LogP) is 5.48. The number of benzene rings is 1. The Balaban J connectivity index is 2.31. The van der Waals surface area contributed by atoms with Crippen LogP contribution in [0.5, 0.6) is 0 Å². The molecular weight excluding hydrogens is 362 g/mol. The fourth-order valence-corrected chi connectivity index (χ4v) is 5.64. The second-order valence-electron chi connectivity index (χ2n) is 8.41. The highest BCUT2D eigenvalue weighted by Crippen LogP contribution is 2.48. The molecule has 2 nitrogen and oxygen atoms in total. The van der Waals surface area contributed by atoms with Crippen LogP contribution in [-0.2, 0) is 10.8 Å². The summed E-state index contributed by atoms with van der Waals surface area (Å²) < 4.78 is 3.35. The Morgan fingerprint density at radius 2 is 1.83 bits per heavy atom. The summed E-state index contributed by atoms with van der Waals surface area (Å²) in [4.78, 5) is 13.0. The van der Waals surface area contributed by atoms with Crippen molar-refractivity contribution in [2.24, 2.45) is 0 Å². The standard InChI is InChI=1S/C21H22BrNO/c1-12-10-23-15(13-7-6-8-14(22)17(12)13)9-16(24)18-19(23)21(4,5)11-20(18,2)3/h6-10H,11H2,1-5H3. The molecule has 24 heavy (non-hydrogen) atoms. The maximum absolute atomic E-state index is 13.0. The number of hydrogen-bond acceptors (Lipinski definition) is 1. The van der Waals surface area contributed by atoms with Crippen LogP contribution in [0.15, 0.2) is 39.7 Å². The summed E-state index contributed by atoms with van der Waals surface area (Å²) in [6.07, 6.45) is 3.19. The van der Waals surface area contributed by atoms with Crippen LogP contribution in [0.25, 0.3) is 16.3 Å². The molecule has 0 radical (unpaired) electrons. The molecule has 0 spiro atoms. The maximum atomic E-state index is 13.0. The smallest absolute Gasteiger partial charge is 0.186 e. The molecule has 1 aliphatic rings. The SMILES string of the molecule is Cc1cn2c3c(c(=O)cc2c2cccc(Br)c12)C(C)(C)CC3(C)C. The quantitative estimate of drug-likeness (QED) is 0.470. The van der Waals surface area contributed by atoms with Gasteiger partial charge < -0.3 is 4.40 Å². The van der Waals surface area contributed by atoms with Gasteiger partial charge in [-0.1, -0.05) is 55.8 Å². The molecule has 0 fully saturated rings. The highest BCUT2D eigenvalue weighted by molar-refractivity contribution is 9.10. The van der Waals surface area contributed by atoms with Gasteiger partial charge in [0.15, 0.2) is 5.43 Å². The topological polar surface area (TPSA) is 21.5 Å². The van der Waals surface area contributed by atoms with Crippen molar-refractivity contribution in [3.8, 4) is 0 Å². The third-order valence-electron chi connectivity index (χ3n) is 5.46. The molecule has 2 aromatic heterocycles. The van der Waals surface area contributed by atoms with Crippen LogP contribution in [0, 0.1) is 6.92 Å². The Bertz CT molecular complexity index is 1070. The molecule has 2 heterocycles. The minimum Gasteiger partial charge on any atom is -0.319 e. The monoisotopic (exact) mass is 383 g/mol. The van der Waals surface area contributed by atoms with Crippen molar-refractivity contribution in [3.05, 3.63) is 62.0 Å². The summed E-state index contributed by atoms with van der Waals surface area (Å²) in [5.74, 6) is 0. The van der Waals surface area contributed by atoms with Crippen LogP contribution >= 0.6 is 15.9 Å². The Labute approximate surface area is 150 Å². The average molecular weight is 384 g/mol. The van der Waals surface area contributed by atoms with Crippen molar-refractivity contribution in [2.75, 3.05) is 0 Å². The van der Waals surface area contributed by atoms with E-state index in [2.05, 4.69) is 73.3 Å². The third-order valence-corrected chi connectivity index (χ3v) is 6.12. The minimum atomic E-state index is -0.0861. The fourth-order valence-electron chi connectivity index (χ4n) is 4.96. The second-order valence-corrected chi connectivity index (χ2v) is 9.26. The van der Waals surface area contributed by atoms with E-state index < -0.39 is 0 Å². The summed E-state index contributed by atoms with van der Waals surface area (Å²) in [7, 11) is 0. The number of halogens is 1. The molecule has 0 saturated carbocycles. The molecule has 0 bridgehead atoms. The van der Waals surface area contributed by atoms with Gasteiger partial charge in [0.25, 0.3) is 0 Å². The molecule has 0 unspecified atom stereocenters. The van der Waals surface area contributed by atoms with Crippen LogP contribution in [0.1, 0.15) is 50.9 Å². The first-order chi connectivity index (χ1) is 11.1. The van der Waals surface area contributed by atoms with Crippen LogP contribution in [0.4, 0.5) is 0 Å². The van der Waals surface area contributed by atoms with Gasteiger partial charge in [-0.2, -0.15) is 0 Å². The van der Waals surface area contributed by atoms with Crippen molar-refractivity contribution in [1.82, 2.24) is 4.40 Å². The van der Waals surface area contributed by atoms with Crippen LogP contribution in [0.3, 0.4) is 0 Å². The van der Waals surface area contributed by atoms with E-state index in [1.54, 1.807) is 0 Å². The summed E-state index contributed by atoms with van der Waals surface area (Å²) in [5.41, 5.74) is 4.46. The molecule has 4 rings (SSSR count). The van der Waals surface area contributed by atoms with E-state index in [1.165, 1.54) is 16.6 Å². The van der Waals surface area contributed by atoms with Crippen molar-refractivity contribution >= 4 is 32.2 Å². The predicted molar refractivity (Wildman–Crippen MR) is 104 cm³/mol. The fraction of sp³-hybridized carbons (Fsp3) is 0.381. The molecule has 3 heteroatoms. The van der Waals surface area contributed by atoms with Crippen molar-refractivity contribution in [3.63, 3.8) is 0 Å². The number of fused-ring (bicyclic) bond motifs is 5. The molecule has 1 aliphatic carbocycles. The van der Waals surface area contributed by atoms with Gasteiger partial charge in [-0.25, -0.2) is 0 Å². The molecule has 0 atom stereocenters. The molecule has 3 aromatic rings. The van der Waals surface area contributed by atoms with Gasteiger partial charge in [-0.3, -0.25) is 4.79 Å². The van der Waals surface area contributed by atoms with Crippen LogP contribution < -0.4 is 5.43 Å². The Kier molecular flexibility index (Phi) is 3.13.